The van der Waals surface area contributed by atoms with Gasteiger partial charge >= 0.3 is 0 Å². The summed E-state index contributed by atoms with van der Waals surface area (Å²) in [5, 5.41) is 3.21. The molecule has 6 heteroatoms. The lowest BCUT2D eigenvalue weighted by atomic mass is 10.1. The van der Waals surface area contributed by atoms with E-state index in [-0.39, 0.29) is 17.2 Å². The summed E-state index contributed by atoms with van der Waals surface area (Å²) in [6.45, 7) is 2.80. The van der Waals surface area contributed by atoms with Gasteiger partial charge in [-0.05, 0) is 19.0 Å². The van der Waals surface area contributed by atoms with Gasteiger partial charge in [0.1, 0.15) is 5.82 Å². The van der Waals surface area contributed by atoms with Gasteiger partial charge in [0.15, 0.2) is 11.5 Å². The van der Waals surface area contributed by atoms with Crippen LogP contribution >= 0.6 is 0 Å². The lowest BCUT2D eigenvalue weighted by molar-refractivity contribution is 0.0761. The van der Waals surface area contributed by atoms with Crippen LogP contribution in [0.3, 0.4) is 0 Å². The molecule has 2 rings (SSSR count). The standard InChI is InChI=1S/C14H19FN2O3/c1-19-12-8-10(11(15)9-13(12)20-2)14(18)17-6-3-4-16-5-7-17/h8-9,16H,3-7H2,1-2H3. The van der Waals surface area contributed by atoms with Crippen molar-refractivity contribution < 1.29 is 18.7 Å². The van der Waals surface area contributed by atoms with E-state index < -0.39 is 5.82 Å². The third kappa shape index (κ3) is 3.01. The lowest BCUT2D eigenvalue weighted by Crippen LogP contribution is -2.34. The average Bonchev–Trinajstić information content (AvgIpc) is 2.75. The smallest absolute Gasteiger partial charge is 0.257 e. The van der Waals surface area contributed by atoms with Gasteiger partial charge in [-0.25, -0.2) is 4.39 Å². The summed E-state index contributed by atoms with van der Waals surface area (Å²) in [5.41, 5.74) is 0.0181. The van der Waals surface area contributed by atoms with Crippen molar-refractivity contribution in [1.82, 2.24) is 10.2 Å². The van der Waals surface area contributed by atoms with Gasteiger partial charge in [0.25, 0.3) is 5.91 Å². The van der Waals surface area contributed by atoms with E-state index >= 15 is 0 Å². The third-order valence-corrected chi connectivity index (χ3v) is 3.33. The number of carbonyl (C=O) groups is 1. The van der Waals surface area contributed by atoms with Gasteiger partial charge in [0.2, 0.25) is 0 Å². The molecule has 1 fully saturated rings. The predicted molar refractivity (Wildman–Crippen MR) is 72.9 cm³/mol. The predicted octanol–water partition coefficient (Wildman–Crippen LogP) is 1.28. The minimum absolute atomic E-state index is 0.0181. The number of rotatable bonds is 3. The number of nitrogens with one attached hydrogen (secondary N) is 1. The summed E-state index contributed by atoms with van der Waals surface area (Å²) >= 11 is 0. The number of nitrogens with zero attached hydrogens (tertiary/aromatic N) is 1. The highest BCUT2D eigenvalue weighted by atomic mass is 19.1. The second kappa shape index (κ2) is 6.56. The summed E-state index contributed by atoms with van der Waals surface area (Å²) in [6.07, 6.45) is 0.862. The molecule has 1 amide bonds. The number of hydrogen-bond donors (Lipinski definition) is 1. The highest BCUT2D eigenvalue weighted by Crippen LogP contribution is 2.30. The zero-order chi connectivity index (χ0) is 14.5. The van der Waals surface area contributed by atoms with Gasteiger partial charge in [-0.1, -0.05) is 0 Å². The van der Waals surface area contributed by atoms with Gasteiger partial charge in [-0.3, -0.25) is 4.79 Å². The van der Waals surface area contributed by atoms with Crippen LogP contribution in [0.25, 0.3) is 0 Å². The van der Waals surface area contributed by atoms with Crippen LogP contribution in [0.2, 0.25) is 0 Å². The second-order valence-electron chi connectivity index (χ2n) is 4.58. The molecule has 1 N–H and O–H groups in total. The van der Waals surface area contributed by atoms with Crippen molar-refractivity contribution in [3.63, 3.8) is 0 Å². The summed E-state index contributed by atoms with van der Waals surface area (Å²) in [4.78, 5) is 14.1. The number of methoxy groups -OCH3 is 2. The molecule has 0 atom stereocenters. The summed E-state index contributed by atoms with van der Waals surface area (Å²) in [7, 11) is 2.89. The van der Waals surface area contributed by atoms with E-state index in [4.69, 9.17) is 9.47 Å². The Bertz CT molecular complexity index is 486. The van der Waals surface area contributed by atoms with Crippen LogP contribution in [0.5, 0.6) is 11.5 Å². The molecule has 0 spiro atoms. The van der Waals surface area contributed by atoms with E-state index in [1.54, 1.807) is 4.90 Å². The first-order chi connectivity index (χ1) is 9.67. The SMILES string of the molecule is COc1cc(F)c(C(=O)N2CCCNCC2)cc1OC. The molecule has 20 heavy (non-hydrogen) atoms. The second-order valence-corrected chi connectivity index (χ2v) is 4.58. The molecule has 0 radical (unpaired) electrons. The largest absolute Gasteiger partial charge is 0.493 e. The molecular formula is C14H19FN2O3. The number of halogens is 1. The van der Waals surface area contributed by atoms with Crippen molar-refractivity contribution >= 4 is 5.91 Å². The zero-order valence-corrected chi connectivity index (χ0v) is 11.7. The molecule has 0 aromatic heterocycles. The van der Waals surface area contributed by atoms with Crippen molar-refractivity contribution in [2.75, 3.05) is 40.4 Å². The van der Waals surface area contributed by atoms with Crippen LogP contribution in [0, 0.1) is 5.82 Å². The number of amides is 1. The molecule has 1 aromatic carbocycles. The first-order valence-corrected chi connectivity index (χ1v) is 6.59. The Hall–Kier alpha value is -1.82. The van der Waals surface area contributed by atoms with Crippen LogP contribution in [0.1, 0.15) is 16.8 Å². The van der Waals surface area contributed by atoms with E-state index in [2.05, 4.69) is 5.32 Å². The first-order valence-electron chi connectivity index (χ1n) is 6.59. The fourth-order valence-corrected chi connectivity index (χ4v) is 2.24. The normalized spacial score (nSPS) is 15.7. The van der Waals surface area contributed by atoms with Crippen molar-refractivity contribution in [2.24, 2.45) is 0 Å². The third-order valence-electron chi connectivity index (χ3n) is 3.33. The van der Waals surface area contributed by atoms with Crippen molar-refractivity contribution in [1.29, 1.82) is 0 Å². The minimum atomic E-state index is -0.593. The zero-order valence-electron chi connectivity index (χ0n) is 11.7. The molecule has 1 heterocycles. The Morgan fingerprint density at radius 2 is 1.90 bits per heavy atom. The van der Waals surface area contributed by atoms with Crippen LogP contribution in [0.15, 0.2) is 12.1 Å². The van der Waals surface area contributed by atoms with Crippen molar-refractivity contribution in [3.05, 3.63) is 23.5 Å². The fraction of sp³-hybridized carbons (Fsp3) is 0.500. The molecule has 1 aliphatic rings. The molecule has 0 saturated carbocycles. The first kappa shape index (κ1) is 14.6. The molecule has 5 nitrogen and oxygen atoms in total. The molecule has 0 unspecified atom stereocenters. The summed E-state index contributed by atoms with van der Waals surface area (Å²) in [5.74, 6) is -0.277. The maximum atomic E-state index is 14.1. The van der Waals surface area contributed by atoms with Gasteiger partial charge < -0.3 is 19.7 Å². The minimum Gasteiger partial charge on any atom is -0.493 e. The van der Waals surface area contributed by atoms with Crippen LogP contribution in [-0.2, 0) is 0 Å². The van der Waals surface area contributed by atoms with Crippen LogP contribution < -0.4 is 14.8 Å². The maximum Gasteiger partial charge on any atom is 0.257 e. The average molecular weight is 282 g/mol. The van der Waals surface area contributed by atoms with Crippen LogP contribution in [-0.4, -0.2) is 51.2 Å². The lowest BCUT2D eigenvalue weighted by Gasteiger charge is -2.21. The monoisotopic (exact) mass is 282 g/mol. The maximum absolute atomic E-state index is 14.1. The highest BCUT2D eigenvalue weighted by Gasteiger charge is 2.22. The van der Waals surface area contributed by atoms with Gasteiger partial charge in [0.05, 0.1) is 19.8 Å². The Balaban J connectivity index is 2.28. The van der Waals surface area contributed by atoms with Gasteiger partial charge in [0, 0.05) is 25.7 Å². The molecule has 1 aromatic rings. The van der Waals surface area contributed by atoms with Crippen molar-refractivity contribution in [2.45, 2.75) is 6.42 Å². The summed E-state index contributed by atoms with van der Waals surface area (Å²) < 4.78 is 24.2. The highest BCUT2D eigenvalue weighted by molar-refractivity contribution is 5.95. The van der Waals surface area contributed by atoms with Crippen molar-refractivity contribution in [3.8, 4) is 11.5 Å². The molecular weight excluding hydrogens is 263 g/mol. The molecule has 1 saturated heterocycles. The topological polar surface area (TPSA) is 50.8 Å². The van der Waals surface area contributed by atoms with Gasteiger partial charge in [-0.2, -0.15) is 0 Å². The van der Waals surface area contributed by atoms with E-state index in [9.17, 15) is 9.18 Å². The molecule has 110 valence electrons. The van der Waals surface area contributed by atoms with Crippen LogP contribution in [0.4, 0.5) is 4.39 Å². The fourth-order valence-electron chi connectivity index (χ4n) is 2.24. The van der Waals surface area contributed by atoms with Gasteiger partial charge in [-0.15, -0.1) is 0 Å². The number of carbonyl (C=O) groups excluding carboxylic acids is 1. The quantitative estimate of drug-likeness (QED) is 0.907. The Kier molecular flexibility index (Phi) is 4.79. The summed E-state index contributed by atoms with van der Waals surface area (Å²) in [6, 6.07) is 2.58. The molecule has 1 aliphatic heterocycles. The van der Waals surface area contributed by atoms with E-state index in [0.717, 1.165) is 19.5 Å². The van der Waals surface area contributed by atoms with E-state index in [1.807, 2.05) is 0 Å². The Morgan fingerprint density at radius 1 is 1.20 bits per heavy atom. The number of benzene rings is 1. The Morgan fingerprint density at radius 3 is 2.60 bits per heavy atom. The number of hydrogen-bond acceptors (Lipinski definition) is 4. The molecule has 0 bridgehead atoms. The number of ether oxygens (including phenoxy) is 2. The van der Waals surface area contributed by atoms with E-state index in [1.165, 1.54) is 26.4 Å². The molecule has 0 aliphatic carbocycles. The van der Waals surface area contributed by atoms with E-state index in [0.29, 0.717) is 18.8 Å². The Labute approximate surface area is 117 Å².